The van der Waals surface area contributed by atoms with E-state index in [0.29, 0.717) is 23.4 Å². The lowest BCUT2D eigenvalue weighted by Gasteiger charge is -2.22. The maximum atomic E-state index is 12.9. The van der Waals surface area contributed by atoms with E-state index in [1.54, 1.807) is 23.5 Å². The normalized spacial score (nSPS) is 12.4. The van der Waals surface area contributed by atoms with Crippen molar-refractivity contribution >= 4 is 23.2 Å². The molecule has 30 heavy (non-hydrogen) atoms. The number of hydrogen-bond donors (Lipinski definition) is 2. The van der Waals surface area contributed by atoms with Crippen LogP contribution in [0.3, 0.4) is 0 Å². The highest BCUT2D eigenvalue weighted by atomic mass is 19.4. The summed E-state index contributed by atoms with van der Waals surface area (Å²) in [5.74, 6) is -2.65. The lowest BCUT2D eigenvalue weighted by molar-refractivity contribution is -0.143. The van der Waals surface area contributed by atoms with Gasteiger partial charge in [-0.3, -0.25) is 9.59 Å². The molecule has 0 atom stereocenters. The lowest BCUT2D eigenvalue weighted by Crippen LogP contribution is -2.30. The van der Waals surface area contributed by atoms with E-state index in [2.05, 4.69) is 5.32 Å². The summed E-state index contributed by atoms with van der Waals surface area (Å²) in [5.41, 5.74) is -3.43. The van der Waals surface area contributed by atoms with E-state index in [4.69, 9.17) is 0 Å². The van der Waals surface area contributed by atoms with E-state index < -0.39 is 46.4 Å². The molecule has 0 aliphatic carbocycles. The minimum Gasteiger partial charge on any atom is -0.318 e. The third-order valence-electron chi connectivity index (χ3n) is 4.04. The average Bonchev–Trinajstić information content (AvgIpc) is 2.59. The SMILES string of the molecule is CC(C)(C)c1ccccc1NC(=O)C(=O)Nc1cc(C(F)(F)F)cc(C(F)(F)F)c1. The monoisotopic (exact) mass is 432 g/mol. The van der Waals surface area contributed by atoms with Gasteiger partial charge in [0.1, 0.15) is 0 Å². The molecule has 2 rings (SSSR count). The highest BCUT2D eigenvalue weighted by Gasteiger charge is 2.37. The van der Waals surface area contributed by atoms with Gasteiger partial charge in [0.05, 0.1) is 11.1 Å². The Labute approximate surface area is 168 Å². The van der Waals surface area contributed by atoms with E-state index in [9.17, 15) is 35.9 Å². The first-order valence-corrected chi connectivity index (χ1v) is 8.60. The van der Waals surface area contributed by atoms with Crippen LogP contribution >= 0.6 is 0 Å². The minimum atomic E-state index is -5.07. The quantitative estimate of drug-likeness (QED) is 0.480. The zero-order valence-electron chi connectivity index (χ0n) is 16.1. The third kappa shape index (κ3) is 5.74. The van der Waals surface area contributed by atoms with E-state index >= 15 is 0 Å². The molecule has 0 radical (unpaired) electrons. The highest BCUT2D eigenvalue weighted by Crippen LogP contribution is 2.37. The largest absolute Gasteiger partial charge is 0.416 e. The molecule has 0 unspecified atom stereocenters. The Hall–Kier alpha value is -3.04. The molecule has 2 N–H and O–H groups in total. The second-order valence-electron chi connectivity index (χ2n) is 7.50. The minimum absolute atomic E-state index is 0.0741. The van der Waals surface area contributed by atoms with Crippen molar-refractivity contribution < 1.29 is 35.9 Å². The van der Waals surface area contributed by atoms with Crippen molar-refractivity contribution in [2.24, 2.45) is 0 Å². The first kappa shape index (κ1) is 23.2. The smallest absolute Gasteiger partial charge is 0.318 e. The van der Waals surface area contributed by atoms with Crippen LogP contribution < -0.4 is 10.6 Å². The molecule has 10 heteroatoms. The number of carbonyl (C=O) groups is 2. The van der Waals surface area contributed by atoms with Crippen LogP contribution in [0.1, 0.15) is 37.5 Å². The number of halogens is 6. The molecule has 0 saturated carbocycles. The van der Waals surface area contributed by atoms with Crippen LogP contribution in [-0.2, 0) is 27.4 Å². The number of alkyl halides is 6. The van der Waals surface area contributed by atoms with Gasteiger partial charge >= 0.3 is 24.2 Å². The van der Waals surface area contributed by atoms with Crippen molar-refractivity contribution in [2.45, 2.75) is 38.5 Å². The van der Waals surface area contributed by atoms with Gasteiger partial charge in [0.25, 0.3) is 0 Å². The Morgan fingerprint density at radius 2 is 1.20 bits per heavy atom. The maximum absolute atomic E-state index is 12.9. The number of nitrogens with one attached hydrogen (secondary N) is 2. The predicted octanol–water partition coefficient (Wildman–Crippen LogP) is 5.60. The summed E-state index contributed by atoms with van der Waals surface area (Å²) in [6.07, 6.45) is -10.1. The number of para-hydroxylation sites is 1. The van der Waals surface area contributed by atoms with Gasteiger partial charge in [0.15, 0.2) is 0 Å². The fraction of sp³-hybridized carbons (Fsp3) is 0.300. The van der Waals surface area contributed by atoms with E-state index in [1.165, 1.54) is 6.07 Å². The maximum Gasteiger partial charge on any atom is 0.416 e. The number of carbonyl (C=O) groups excluding carboxylic acids is 2. The van der Waals surface area contributed by atoms with Crippen molar-refractivity contribution in [3.63, 3.8) is 0 Å². The molecule has 0 spiro atoms. The van der Waals surface area contributed by atoms with Crippen molar-refractivity contribution in [1.29, 1.82) is 0 Å². The molecule has 0 heterocycles. The van der Waals surface area contributed by atoms with Gasteiger partial charge < -0.3 is 10.6 Å². The first-order chi connectivity index (χ1) is 13.6. The first-order valence-electron chi connectivity index (χ1n) is 8.60. The topological polar surface area (TPSA) is 58.2 Å². The molecule has 4 nitrogen and oxygen atoms in total. The molecule has 162 valence electrons. The van der Waals surface area contributed by atoms with Crippen LogP contribution in [0.5, 0.6) is 0 Å². The van der Waals surface area contributed by atoms with Gasteiger partial charge in [0.2, 0.25) is 0 Å². The zero-order valence-corrected chi connectivity index (χ0v) is 16.1. The Balaban J connectivity index is 2.29. The van der Waals surface area contributed by atoms with Crippen LogP contribution in [0, 0.1) is 0 Å². The van der Waals surface area contributed by atoms with Crippen LogP contribution in [0.25, 0.3) is 0 Å². The molecular weight excluding hydrogens is 414 g/mol. The Bertz CT molecular complexity index is 927. The van der Waals surface area contributed by atoms with Crippen LogP contribution in [0.15, 0.2) is 42.5 Å². The molecule has 2 amide bonds. The summed E-state index contributed by atoms with van der Waals surface area (Å²) in [7, 11) is 0. The average molecular weight is 432 g/mol. The molecule has 0 aliphatic rings. The Morgan fingerprint density at radius 3 is 1.67 bits per heavy atom. The second-order valence-corrected chi connectivity index (χ2v) is 7.50. The Morgan fingerprint density at radius 1 is 0.733 bits per heavy atom. The van der Waals surface area contributed by atoms with Crippen molar-refractivity contribution in [2.75, 3.05) is 10.6 Å². The summed E-state index contributed by atoms with van der Waals surface area (Å²) < 4.78 is 77.5. The predicted molar refractivity (Wildman–Crippen MR) is 98.8 cm³/mol. The summed E-state index contributed by atoms with van der Waals surface area (Å²) >= 11 is 0. The molecular formula is C20H18F6N2O2. The highest BCUT2D eigenvalue weighted by molar-refractivity contribution is 6.43. The van der Waals surface area contributed by atoms with Crippen molar-refractivity contribution in [1.82, 2.24) is 0 Å². The third-order valence-corrected chi connectivity index (χ3v) is 4.04. The number of anilines is 2. The molecule has 0 aliphatic heterocycles. The van der Waals surface area contributed by atoms with E-state index in [-0.39, 0.29) is 6.07 Å². The van der Waals surface area contributed by atoms with Crippen molar-refractivity contribution in [3.8, 4) is 0 Å². The molecule has 2 aromatic rings. The van der Waals surface area contributed by atoms with Crippen LogP contribution in [-0.4, -0.2) is 11.8 Å². The Kier molecular flexibility index (Phi) is 6.20. The van der Waals surface area contributed by atoms with Crippen LogP contribution in [0.2, 0.25) is 0 Å². The van der Waals surface area contributed by atoms with E-state index in [0.717, 1.165) is 0 Å². The summed E-state index contributed by atoms with van der Waals surface area (Å²) in [5, 5.41) is 4.13. The van der Waals surface area contributed by atoms with Crippen LogP contribution in [0.4, 0.5) is 37.7 Å². The number of benzene rings is 2. The molecule has 0 aromatic heterocycles. The fourth-order valence-electron chi connectivity index (χ4n) is 2.64. The molecule has 0 saturated heterocycles. The molecule has 0 bridgehead atoms. The summed E-state index contributed by atoms with van der Waals surface area (Å²) in [6, 6.07) is 7.14. The molecule has 2 aromatic carbocycles. The summed E-state index contributed by atoms with van der Waals surface area (Å²) in [6.45, 7) is 5.58. The van der Waals surface area contributed by atoms with Crippen molar-refractivity contribution in [3.05, 3.63) is 59.2 Å². The second kappa shape index (κ2) is 8.00. The number of amides is 2. The summed E-state index contributed by atoms with van der Waals surface area (Å²) in [4.78, 5) is 24.3. The molecule has 0 fully saturated rings. The fourth-order valence-corrected chi connectivity index (χ4v) is 2.64. The van der Waals surface area contributed by atoms with Gasteiger partial charge in [-0.25, -0.2) is 0 Å². The van der Waals surface area contributed by atoms with Gasteiger partial charge in [-0.1, -0.05) is 39.0 Å². The van der Waals surface area contributed by atoms with Gasteiger partial charge in [0, 0.05) is 11.4 Å². The number of hydrogen-bond acceptors (Lipinski definition) is 2. The van der Waals surface area contributed by atoms with Gasteiger partial charge in [-0.15, -0.1) is 0 Å². The number of rotatable bonds is 2. The zero-order chi connectivity index (χ0) is 22.9. The lowest BCUT2D eigenvalue weighted by atomic mass is 9.86. The standard InChI is InChI=1S/C20H18F6N2O2/c1-18(2,3)14-6-4-5-7-15(14)28-17(30)16(29)27-13-9-11(19(21,22)23)8-12(10-13)20(24,25)26/h4-10H,1-3H3,(H,27,29)(H,28,30). The van der Waals surface area contributed by atoms with E-state index in [1.807, 2.05) is 20.8 Å². The van der Waals surface area contributed by atoms with Gasteiger partial charge in [-0.05, 0) is 35.2 Å². The van der Waals surface area contributed by atoms with Gasteiger partial charge in [-0.2, -0.15) is 26.3 Å².